The van der Waals surface area contributed by atoms with Crippen molar-refractivity contribution in [3.8, 4) is 5.75 Å². The van der Waals surface area contributed by atoms with Gasteiger partial charge in [0, 0.05) is 23.5 Å². The second-order valence-corrected chi connectivity index (χ2v) is 7.13. The van der Waals surface area contributed by atoms with Crippen LogP contribution in [-0.4, -0.2) is 29.3 Å². The van der Waals surface area contributed by atoms with E-state index in [0.29, 0.717) is 12.4 Å². The average molecular weight is 408 g/mol. The van der Waals surface area contributed by atoms with E-state index in [1.54, 1.807) is 6.20 Å². The SMILES string of the molecule is CCCCC=C(NOCC1=CCCc2c(OCC(=O)O)cccc21)c1cccnc1. The highest BCUT2D eigenvalue weighted by Gasteiger charge is 2.17. The molecule has 0 bridgehead atoms. The summed E-state index contributed by atoms with van der Waals surface area (Å²) in [5.74, 6) is -0.353. The summed E-state index contributed by atoms with van der Waals surface area (Å²) in [6.07, 6.45) is 12.8. The molecule has 6 nitrogen and oxygen atoms in total. The first-order chi connectivity index (χ1) is 14.7. The Morgan fingerprint density at radius 2 is 2.20 bits per heavy atom. The lowest BCUT2D eigenvalue weighted by Gasteiger charge is -2.21. The first kappa shape index (κ1) is 21.6. The minimum Gasteiger partial charge on any atom is -0.482 e. The number of nitrogens with zero attached hydrogens (tertiary/aromatic N) is 1. The zero-order valence-corrected chi connectivity index (χ0v) is 17.3. The molecule has 0 unspecified atom stereocenters. The molecule has 0 saturated heterocycles. The maximum absolute atomic E-state index is 10.8. The van der Waals surface area contributed by atoms with Gasteiger partial charge in [-0.3, -0.25) is 15.3 Å². The van der Waals surface area contributed by atoms with Crippen LogP contribution in [0.2, 0.25) is 0 Å². The Hall–Kier alpha value is -3.12. The lowest BCUT2D eigenvalue weighted by molar-refractivity contribution is -0.139. The zero-order valence-electron chi connectivity index (χ0n) is 17.3. The largest absolute Gasteiger partial charge is 0.482 e. The van der Waals surface area contributed by atoms with Gasteiger partial charge in [0.25, 0.3) is 0 Å². The van der Waals surface area contributed by atoms with E-state index in [1.807, 2.05) is 36.5 Å². The molecular formula is C24H28N2O4. The molecule has 3 rings (SSSR count). The van der Waals surface area contributed by atoms with E-state index in [2.05, 4.69) is 29.5 Å². The summed E-state index contributed by atoms with van der Waals surface area (Å²) >= 11 is 0. The molecule has 158 valence electrons. The van der Waals surface area contributed by atoms with Gasteiger partial charge >= 0.3 is 5.97 Å². The number of hydroxylamine groups is 1. The fourth-order valence-electron chi connectivity index (χ4n) is 3.42. The van der Waals surface area contributed by atoms with Crippen LogP contribution in [0, 0.1) is 0 Å². The summed E-state index contributed by atoms with van der Waals surface area (Å²) in [5, 5.41) is 8.90. The van der Waals surface area contributed by atoms with Crippen LogP contribution in [0.4, 0.5) is 0 Å². The molecule has 0 spiro atoms. The molecule has 1 aromatic heterocycles. The Kier molecular flexibility index (Phi) is 8.03. The van der Waals surface area contributed by atoms with Gasteiger partial charge in [-0.05, 0) is 55.0 Å². The Morgan fingerprint density at radius 1 is 1.30 bits per heavy atom. The van der Waals surface area contributed by atoms with Gasteiger partial charge in [-0.15, -0.1) is 0 Å². The van der Waals surface area contributed by atoms with Crippen molar-refractivity contribution in [1.82, 2.24) is 10.5 Å². The molecule has 0 fully saturated rings. The lowest BCUT2D eigenvalue weighted by atomic mass is 9.90. The number of fused-ring (bicyclic) bond motifs is 1. The number of ether oxygens (including phenoxy) is 1. The predicted molar refractivity (Wildman–Crippen MR) is 117 cm³/mol. The van der Waals surface area contributed by atoms with Crippen LogP contribution in [0.1, 0.15) is 49.3 Å². The maximum Gasteiger partial charge on any atom is 0.341 e. The fraction of sp³-hybridized carbons (Fsp3) is 0.333. The van der Waals surface area contributed by atoms with Crippen LogP contribution in [0.5, 0.6) is 5.75 Å². The van der Waals surface area contributed by atoms with Crippen molar-refractivity contribution in [2.75, 3.05) is 13.2 Å². The quantitative estimate of drug-likeness (QED) is 0.417. The summed E-state index contributed by atoms with van der Waals surface area (Å²) in [5.41, 5.74) is 8.13. The summed E-state index contributed by atoms with van der Waals surface area (Å²) in [6.45, 7) is 2.22. The van der Waals surface area contributed by atoms with Crippen molar-refractivity contribution in [2.24, 2.45) is 0 Å². The highest BCUT2D eigenvalue weighted by Crippen LogP contribution is 2.33. The lowest BCUT2D eigenvalue weighted by Crippen LogP contribution is -2.17. The van der Waals surface area contributed by atoms with Gasteiger partial charge in [0.05, 0.1) is 12.3 Å². The molecule has 2 aromatic rings. The minimum absolute atomic E-state index is 0.343. The molecule has 1 aromatic carbocycles. The van der Waals surface area contributed by atoms with Gasteiger partial charge in [-0.2, -0.15) is 0 Å². The molecule has 1 aliphatic carbocycles. The van der Waals surface area contributed by atoms with Gasteiger partial charge in [0.1, 0.15) is 5.75 Å². The summed E-state index contributed by atoms with van der Waals surface area (Å²) in [6, 6.07) is 9.64. The number of carboxylic acids is 1. The summed E-state index contributed by atoms with van der Waals surface area (Å²) < 4.78 is 5.47. The van der Waals surface area contributed by atoms with E-state index in [9.17, 15) is 4.79 Å². The second kappa shape index (κ2) is 11.2. The van der Waals surface area contributed by atoms with E-state index >= 15 is 0 Å². The Labute approximate surface area is 177 Å². The Bertz CT molecular complexity index is 907. The van der Waals surface area contributed by atoms with E-state index in [0.717, 1.165) is 60.1 Å². The van der Waals surface area contributed by atoms with Crippen molar-refractivity contribution in [3.63, 3.8) is 0 Å². The van der Waals surface area contributed by atoms with Crippen LogP contribution < -0.4 is 10.2 Å². The maximum atomic E-state index is 10.8. The van der Waals surface area contributed by atoms with Crippen LogP contribution in [0.15, 0.2) is 54.9 Å². The number of carboxylic acid groups (broad SMARTS) is 1. The number of allylic oxidation sites excluding steroid dienone is 2. The molecule has 1 heterocycles. The van der Waals surface area contributed by atoms with E-state index in [-0.39, 0.29) is 6.61 Å². The van der Waals surface area contributed by atoms with Gasteiger partial charge in [0.15, 0.2) is 6.61 Å². The Morgan fingerprint density at radius 3 is 2.97 bits per heavy atom. The van der Waals surface area contributed by atoms with Gasteiger partial charge < -0.3 is 9.84 Å². The number of nitrogens with one attached hydrogen (secondary N) is 1. The number of benzene rings is 1. The summed E-state index contributed by atoms with van der Waals surface area (Å²) in [4.78, 5) is 20.9. The topological polar surface area (TPSA) is 80.7 Å². The number of hydrogen-bond donors (Lipinski definition) is 2. The van der Waals surface area contributed by atoms with E-state index < -0.39 is 5.97 Å². The number of aromatic nitrogens is 1. The smallest absolute Gasteiger partial charge is 0.341 e. The molecule has 6 heteroatoms. The number of unbranched alkanes of at least 4 members (excludes halogenated alkanes) is 2. The van der Waals surface area contributed by atoms with Crippen molar-refractivity contribution < 1.29 is 19.5 Å². The first-order valence-electron chi connectivity index (χ1n) is 10.3. The summed E-state index contributed by atoms with van der Waals surface area (Å²) in [7, 11) is 0. The van der Waals surface area contributed by atoms with Gasteiger partial charge in [0.2, 0.25) is 0 Å². The monoisotopic (exact) mass is 408 g/mol. The number of aliphatic carboxylic acids is 1. The number of pyridine rings is 1. The van der Waals surface area contributed by atoms with Crippen molar-refractivity contribution in [3.05, 3.63) is 71.6 Å². The Balaban J connectivity index is 1.67. The highest BCUT2D eigenvalue weighted by atomic mass is 16.6. The standard InChI is InChI=1S/C24H28N2O4/c1-2-3-4-12-22(18-9-7-14-25-15-18)26-30-16-19-8-5-11-21-20(19)10-6-13-23(21)29-17-24(27)28/h6-10,12-15,26H,2-5,11,16-17H2,1H3,(H,27,28). The van der Waals surface area contributed by atoms with Crippen LogP contribution in [0.3, 0.4) is 0 Å². The normalized spacial score (nSPS) is 13.4. The van der Waals surface area contributed by atoms with E-state index in [1.165, 1.54) is 0 Å². The van der Waals surface area contributed by atoms with Crippen molar-refractivity contribution >= 4 is 17.2 Å². The third-order valence-corrected chi connectivity index (χ3v) is 4.90. The molecule has 1 aliphatic rings. The first-order valence-corrected chi connectivity index (χ1v) is 10.3. The van der Waals surface area contributed by atoms with Gasteiger partial charge in [-0.25, -0.2) is 4.79 Å². The molecular weight excluding hydrogens is 380 g/mol. The molecule has 0 amide bonds. The fourth-order valence-corrected chi connectivity index (χ4v) is 3.42. The zero-order chi connectivity index (χ0) is 21.2. The van der Waals surface area contributed by atoms with Crippen LogP contribution in [0.25, 0.3) is 11.3 Å². The molecule has 0 saturated carbocycles. The molecule has 0 atom stereocenters. The van der Waals surface area contributed by atoms with Crippen molar-refractivity contribution in [2.45, 2.75) is 39.0 Å². The molecule has 0 aliphatic heterocycles. The highest BCUT2D eigenvalue weighted by molar-refractivity contribution is 5.73. The number of rotatable bonds is 11. The van der Waals surface area contributed by atoms with Gasteiger partial charge in [-0.1, -0.05) is 37.6 Å². The molecule has 2 N–H and O–H groups in total. The minimum atomic E-state index is -0.982. The number of carbonyl (C=O) groups is 1. The van der Waals surface area contributed by atoms with Crippen LogP contribution >= 0.6 is 0 Å². The average Bonchev–Trinajstić information content (AvgIpc) is 2.77. The second-order valence-electron chi connectivity index (χ2n) is 7.13. The van der Waals surface area contributed by atoms with Crippen molar-refractivity contribution in [1.29, 1.82) is 0 Å². The molecule has 30 heavy (non-hydrogen) atoms. The van der Waals surface area contributed by atoms with Crippen LogP contribution in [-0.2, 0) is 16.1 Å². The molecule has 0 radical (unpaired) electrons. The van der Waals surface area contributed by atoms with E-state index in [4.69, 9.17) is 14.7 Å². The third-order valence-electron chi connectivity index (χ3n) is 4.90. The predicted octanol–water partition coefficient (Wildman–Crippen LogP) is 4.63. The number of hydrogen-bond acceptors (Lipinski definition) is 5. The third kappa shape index (κ3) is 5.94.